The highest BCUT2D eigenvalue weighted by molar-refractivity contribution is 9.09. The maximum atomic E-state index is 11.2. The minimum absolute atomic E-state index is 0.275. The van der Waals surface area contributed by atoms with Gasteiger partial charge in [0.05, 0.1) is 5.75 Å². The number of sulfone groups is 1. The number of alkyl halides is 1. The van der Waals surface area contributed by atoms with E-state index in [1.54, 1.807) is 6.92 Å². The average Bonchev–Trinajstić information content (AvgIpc) is 2.09. The largest absolute Gasteiger partial charge is 0.303 e. The molecule has 14 heavy (non-hydrogen) atoms. The molecule has 1 aliphatic rings. The second-order valence-electron chi connectivity index (χ2n) is 3.87. The Bertz CT molecular complexity index is 260. The van der Waals surface area contributed by atoms with Crippen LogP contribution in [0.5, 0.6) is 0 Å². The van der Waals surface area contributed by atoms with Crippen LogP contribution < -0.4 is 0 Å². The van der Waals surface area contributed by atoms with Crippen LogP contribution in [0.25, 0.3) is 0 Å². The summed E-state index contributed by atoms with van der Waals surface area (Å²) in [5.74, 6) is 1.40. The highest BCUT2D eigenvalue weighted by Crippen LogP contribution is 2.17. The van der Waals surface area contributed by atoms with Crippen molar-refractivity contribution < 1.29 is 8.42 Å². The van der Waals surface area contributed by atoms with E-state index in [4.69, 9.17) is 0 Å². The van der Waals surface area contributed by atoms with Crippen molar-refractivity contribution in [2.45, 2.75) is 13.3 Å². The predicted molar refractivity (Wildman–Crippen MR) is 62.7 cm³/mol. The van der Waals surface area contributed by atoms with Gasteiger partial charge in [0, 0.05) is 24.2 Å². The second kappa shape index (κ2) is 5.47. The third kappa shape index (κ3) is 3.87. The highest BCUT2D eigenvalue weighted by atomic mass is 79.9. The molecule has 3 nitrogen and oxygen atoms in total. The Balaban J connectivity index is 2.06. The number of halogens is 1. The number of hydrogen-bond donors (Lipinski definition) is 0. The van der Waals surface area contributed by atoms with Crippen molar-refractivity contribution in [3.8, 4) is 0 Å². The summed E-state index contributed by atoms with van der Waals surface area (Å²) in [6.07, 6.45) is 0.783. The number of hydrogen-bond acceptors (Lipinski definition) is 3. The summed E-state index contributed by atoms with van der Waals surface area (Å²) in [6, 6.07) is 0. The topological polar surface area (TPSA) is 37.4 Å². The molecule has 1 aliphatic heterocycles. The second-order valence-corrected chi connectivity index (χ2v) is 6.99. The van der Waals surface area contributed by atoms with E-state index in [0.29, 0.717) is 5.75 Å². The third-order valence-electron chi connectivity index (χ3n) is 2.62. The van der Waals surface area contributed by atoms with Crippen LogP contribution >= 0.6 is 15.9 Å². The smallest absolute Gasteiger partial charge is 0.150 e. The zero-order valence-corrected chi connectivity index (χ0v) is 11.0. The van der Waals surface area contributed by atoms with Crippen LogP contribution in [0, 0.1) is 5.92 Å². The Labute approximate surface area is 94.9 Å². The van der Waals surface area contributed by atoms with Crippen molar-refractivity contribution in [1.82, 2.24) is 4.90 Å². The molecule has 0 atom stereocenters. The number of nitrogens with zero attached hydrogens (tertiary/aromatic N) is 1. The van der Waals surface area contributed by atoms with Gasteiger partial charge >= 0.3 is 0 Å². The molecule has 0 aromatic carbocycles. The maximum absolute atomic E-state index is 11.2. The molecule has 0 unspecified atom stereocenters. The minimum Gasteiger partial charge on any atom is -0.303 e. The summed E-state index contributed by atoms with van der Waals surface area (Å²) < 4.78 is 22.4. The minimum atomic E-state index is -2.75. The zero-order valence-electron chi connectivity index (χ0n) is 8.58. The molecule has 0 radical (unpaired) electrons. The lowest BCUT2D eigenvalue weighted by molar-refractivity contribution is 0.117. The molecular formula is C9H18BrNO2S. The van der Waals surface area contributed by atoms with E-state index in [-0.39, 0.29) is 5.75 Å². The first-order valence-electron chi connectivity index (χ1n) is 5.06. The summed E-state index contributed by atoms with van der Waals surface area (Å²) in [5.41, 5.74) is 0. The summed E-state index contributed by atoms with van der Waals surface area (Å²) >= 11 is 3.44. The van der Waals surface area contributed by atoms with E-state index in [0.717, 1.165) is 37.3 Å². The summed E-state index contributed by atoms with van der Waals surface area (Å²) in [7, 11) is -2.75. The molecule has 0 amide bonds. The van der Waals surface area contributed by atoms with Gasteiger partial charge in [-0.25, -0.2) is 8.42 Å². The van der Waals surface area contributed by atoms with Crippen LogP contribution in [0.4, 0.5) is 0 Å². The van der Waals surface area contributed by atoms with Crippen molar-refractivity contribution in [2.75, 3.05) is 36.5 Å². The van der Waals surface area contributed by atoms with Crippen molar-refractivity contribution in [3.63, 3.8) is 0 Å². The molecule has 0 N–H and O–H groups in total. The van der Waals surface area contributed by atoms with E-state index in [2.05, 4.69) is 20.8 Å². The van der Waals surface area contributed by atoms with Gasteiger partial charge in [-0.15, -0.1) is 0 Å². The molecular weight excluding hydrogens is 266 g/mol. The van der Waals surface area contributed by atoms with Gasteiger partial charge in [-0.05, 0) is 18.9 Å². The zero-order chi connectivity index (χ0) is 10.6. The van der Waals surface area contributed by atoms with Gasteiger partial charge in [-0.1, -0.05) is 22.9 Å². The molecule has 5 heteroatoms. The van der Waals surface area contributed by atoms with Gasteiger partial charge in [0.1, 0.15) is 9.84 Å². The lowest BCUT2D eigenvalue weighted by Gasteiger charge is -2.38. The standard InChI is InChI=1S/C9H18BrNO2S/c1-2-14(12,13)5-3-4-11-7-9(6-10)8-11/h9H,2-8H2,1H3. The highest BCUT2D eigenvalue weighted by Gasteiger charge is 2.24. The first-order chi connectivity index (χ1) is 6.57. The van der Waals surface area contributed by atoms with E-state index in [9.17, 15) is 8.42 Å². The Kier molecular flexibility index (Phi) is 4.87. The molecule has 0 spiro atoms. The lowest BCUT2D eigenvalue weighted by Crippen LogP contribution is -2.47. The van der Waals surface area contributed by atoms with Gasteiger partial charge in [-0.2, -0.15) is 0 Å². The molecule has 0 aliphatic carbocycles. The normalized spacial score (nSPS) is 19.6. The molecule has 1 heterocycles. The Hall–Kier alpha value is 0.390. The van der Waals surface area contributed by atoms with Gasteiger partial charge in [0.15, 0.2) is 0 Å². The van der Waals surface area contributed by atoms with Gasteiger partial charge in [-0.3, -0.25) is 0 Å². The maximum Gasteiger partial charge on any atom is 0.150 e. The molecule has 0 aromatic heterocycles. The van der Waals surface area contributed by atoms with E-state index in [1.165, 1.54) is 0 Å². The van der Waals surface area contributed by atoms with Crippen LogP contribution in [0.15, 0.2) is 0 Å². The van der Waals surface area contributed by atoms with Crippen LogP contribution in [-0.2, 0) is 9.84 Å². The molecule has 84 valence electrons. The summed E-state index contributed by atoms with van der Waals surface area (Å²) in [5, 5.41) is 1.07. The predicted octanol–water partition coefficient (Wildman–Crippen LogP) is 1.14. The molecule has 0 aromatic rings. The van der Waals surface area contributed by atoms with Crippen LogP contribution in [0.3, 0.4) is 0 Å². The van der Waals surface area contributed by atoms with Crippen LogP contribution in [-0.4, -0.2) is 49.8 Å². The Morgan fingerprint density at radius 3 is 2.57 bits per heavy atom. The van der Waals surface area contributed by atoms with Crippen molar-refractivity contribution in [2.24, 2.45) is 5.92 Å². The Morgan fingerprint density at radius 2 is 2.07 bits per heavy atom. The van der Waals surface area contributed by atoms with Crippen molar-refractivity contribution in [1.29, 1.82) is 0 Å². The fourth-order valence-electron chi connectivity index (χ4n) is 1.61. The molecule has 1 saturated heterocycles. The van der Waals surface area contributed by atoms with E-state index in [1.807, 2.05) is 0 Å². The lowest BCUT2D eigenvalue weighted by atomic mass is 10.0. The Morgan fingerprint density at radius 1 is 1.43 bits per heavy atom. The summed E-state index contributed by atoms with van der Waals surface area (Å²) in [6.45, 7) is 4.89. The SMILES string of the molecule is CCS(=O)(=O)CCCN1CC(CBr)C1. The molecule has 0 bridgehead atoms. The molecule has 1 fully saturated rings. The van der Waals surface area contributed by atoms with Crippen LogP contribution in [0.2, 0.25) is 0 Å². The molecule has 1 rings (SSSR count). The van der Waals surface area contributed by atoms with Gasteiger partial charge < -0.3 is 4.90 Å². The van der Waals surface area contributed by atoms with Crippen molar-refractivity contribution >= 4 is 25.8 Å². The van der Waals surface area contributed by atoms with E-state index >= 15 is 0 Å². The van der Waals surface area contributed by atoms with Gasteiger partial charge in [0.2, 0.25) is 0 Å². The van der Waals surface area contributed by atoms with Crippen LogP contribution in [0.1, 0.15) is 13.3 Å². The molecule has 0 saturated carbocycles. The monoisotopic (exact) mass is 283 g/mol. The fraction of sp³-hybridized carbons (Fsp3) is 1.00. The number of rotatable bonds is 6. The average molecular weight is 284 g/mol. The first kappa shape index (κ1) is 12.5. The quantitative estimate of drug-likeness (QED) is 0.686. The third-order valence-corrected chi connectivity index (χ3v) is 5.33. The fourth-order valence-corrected chi connectivity index (χ4v) is 2.88. The number of likely N-dealkylation sites (tertiary alicyclic amines) is 1. The summed E-state index contributed by atoms with van der Waals surface area (Å²) in [4.78, 5) is 2.32. The van der Waals surface area contributed by atoms with Crippen molar-refractivity contribution in [3.05, 3.63) is 0 Å². The van der Waals surface area contributed by atoms with Gasteiger partial charge in [0.25, 0.3) is 0 Å². The van der Waals surface area contributed by atoms with E-state index < -0.39 is 9.84 Å². The first-order valence-corrected chi connectivity index (χ1v) is 8.00.